The first-order chi connectivity index (χ1) is 10.7. The van der Waals surface area contributed by atoms with Crippen molar-refractivity contribution in [2.45, 2.75) is 13.5 Å². The molecular formula is C18H18N2OS. The number of ether oxygens (including phenoxy) is 1. The zero-order chi connectivity index (χ0) is 15.5. The van der Waals surface area contributed by atoms with Crippen LogP contribution < -0.4 is 10.5 Å². The first-order valence-corrected chi connectivity index (χ1v) is 7.94. The van der Waals surface area contributed by atoms with E-state index in [1.165, 1.54) is 4.88 Å². The molecule has 0 saturated carbocycles. The molecule has 3 nitrogen and oxygen atoms in total. The average Bonchev–Trinajstić information content (AvgIpc) is 2.97. The molecule has 0 spiro atoms. The van der Waals surface area contributed by atoms with E-state index >= 15 is 0 Å². The maximum absolute atomic E-state index is 5.72. The van der Waals surface area contributed by atoms with Crippen LogP contribution in [-0.2, 0) is 6.54 Å². The number of nitrogens with zero attached hydrogens (tertiary/aromatic N) is 1. The van der Waals surface area contributed by atoms with Crippen LogP contribution in [0.3, 0.4) is 0 Å². The van der Waals surface area contributed by atoms with Crippen molar-refractivity contribution in [2.24, 2.45) is 5.73 Å². The van der Waals surface area contributed by atoms with E-state index in [-0.39, 0.29) is 0 Å². The molecule has 2 aromatic carbocycles. The summed E-state index contributed by atoms with van der Waals surface area (Å²) in [6, 6.07) is 16.3. The van der Waals surface area contributed by atoms with Gasteiger partial charge in [-0.3, -0.25) is 0 Å². The molecule has 0 saturated heterocycles. The van der Waals surface area contributed by atoms with Crippen molar-refractivity contribution in [1.29, 1.82) is 0 Å². The van der Waals surface area contributed by atoms with Gasteiger partial charge in [-0.25, -0.2) is 4.98 Å². The lowest BCUT2D eigenvalue weighted by Crippen LogP contribution is -1.95. The number of benzene rings is 2. The lowest BCUT2D eigenvalue weighted by atomic mass is 10.1. The molecule has 0 atom stereocenters. The van der Waals surface area contributed by atoms with Gasteiger partial charge in [0, 0.05) is 22.5 Å². The van der Waals surface area contributed by atoms with Gasteiger partial charge in [0.15, 0.2) is 0 Å². The summed E-state index contributed by atoms with van der Waals surface area (Å²) in [6.07, 6.45) is 0. The smallest absolute Gasteiger partial charge is 0.124 e. The molecule has 1 heterocycles. The Bertz CT molecular complexity index is 778. The normalized spacial score (nSPS) is 10.7. The minimum absolute atomic E-state index is 0.545. The lowest BCUT2D eigenvalue weighted by molar-refractivity contribution is 0.415. The molecule has 2 N–H and O–H groups in total. The predicted octanol–water partition coefficient (Wildman–Crippen LogP) is 4.25. The molecule has 3 aromatic rings. The Kier molecular flexibility index (Phi) is 4.22. The van der Waals surface area contributed by atoms with Crippen molar-refractivity contribution in [3.63, 3.8) is 0 Å². The zero-order valence-corrected chi connectivity index (χ0v) is 13.5. The second-order valence-corrected chi connectivity index (χ2v) is 6.26. The first kappa shape index (κ1) is 14.8. The number of nitrogens with two attached hydrogens (primary N) is 1. The fourth-order valence-electron chi connectivity index (χ4n) is 2.37. The number of methoxy groups -OCH3 is 1. The Hall–Kier alpha value is -2.17. The number of hydrogen-bond acceptors (Lipinski definition) is 4. The number of aromatic nitrogens is 1. The van der Waals surface area contributed by atoms with Gasteiger partial charge in [0.05, 0.1) is 12.8 Å². The van der Waals surface area contributed by atoms with Crippen LogP contribution in [-0.4, -0.2) is 12.1 Å². The number of thiazole rings is 1. The molecule has 0 aliphatic carbocycles. The van der Waals surface area contributed by atoms with E-state index in [2.05, 4.69) is 19.1 Å². The van der Waals surface area contributed by atoms with Gasteiger partial charge in [-0.05, 0) is 42.8 Å². The highest BCUT2D eigenvalue weighted by atomic mass is 32.1. The summed E-state index contributed by atoms with van der Waals surface area (Å²) in [5.74, 6) is 0.854. The maximum atomic E-state index is 5.72. The van der Waals surface area contributed by atoms with Gasteiger partial charge >= 0.3 is 0 Å². The van der Waals surface area contributed by atoms with Crippen LogP contribution in [0.5, 0.6) is 5.75 Å². The van der Waals surface area contributed by atoms with Crippen LogP contribution in [0.2, 0.25) is 0 Å². The summed E-state index contributed by atoms with van der Waals surface area (Å²) >= 11 is 1.71. The van der Waals surface area contributed by atoms with Crippen molar-refractivity contribution in [3.05, 3.63) is 59.0 Å². The van der Waals surface area contributed by atoms with Crippen LogP contribution in [0.4, 0.5) is 0 Å². The molecule has 1 aromatic heterocycles. The number of hydrogen-bond donors (Lipinski definition) is 1. The van der Waals surface area contributed by atoms with Gasteiger partial charge < -0.3 is 10.5 Å². The van der Waals surface area contributed by atoms with Gasteiger partial charge in [0.2, 0.25) is 0 Å². The van der Waals surface area contributed by atoms with E-state index in [4.69, 9.17) is 15.5 Å². The summed E-state index contributed by atoms with van der Waals surface area (Å²) in [6.45, 7) is 2.65. The molecule has 0 radical (unpaired) electrons. The van der Waals surface area contributed by atoms with Gasteiger partial charge in [-0.1, -0.05) is 18.2 Å². The quantitative estimate of drug-likeness (QED) is 0.783. The fourth-order valence-corrected chi connectivity index (χ4v) is 3.30. The third kappa shape index (κ3) is 2.89. The van der Waals surface area contributed by atoms with Crippen molar-refractivity contribution in [3.8, 4) is 27.6 Å². The highest BCUT2D eigenvalue weighted by molar-refractivity contribution is 7.15. The predicted molar refractivity (Wildman–Crippen MR) is 92.2 cm³/mol. The third-order valence-corrected chi connectivity index (χ3v) is 4.59. The molecule has 4 heteroatoms. The van der Waals surface area contributed by atoms with E-state index in [0.29, 0.717) is 6.54 Å². The highest BCUT2D eigenvalue weighted by Gasteiger charge is 2.11. The Balaban J connectivity index is 1.99. The Morgan fingerprint density at radius 3 is 2.55 bits per heavy atom. The van der Waals surface area contributed by atoms with Crippen molar-refractivity contribution in [1.82, 2.24) is 4.98 Å². The summed E-state index contributed by atoms with van der Waals surface area (Å²) in [4.78, 5) is 6.02. The van der Waals surface area contributed by atoms with E-state index in [9.17, 15) is 0 Å². The summed E-state index contributed by atoms with van der Waals surface area (Å²) in [5.41, 5.74) is 10.1. The minimum atomic E-state index is 0.545. The lowest BCUT2D eigenvalue weighted by Gasteiger charge is -2.02. The zero-order valence-electron chi connectivity index (χ0n) is 12.7. The highest BCUT2D eigenvalue weighted by Crippen LogP contribution is 2.34. The summed E-state index contributed by atoms with van der Waals surface area (Å²) in [5, 5.41) is 1.03. The van der Waals surface area contributed by atoms with E-state index in [1.807, 2.05) is 36.4 Å². The van der Waals surface area contributed by atoms with Crippen LogP contribution in [0, 0.1) is 6.92 Å². The Labute approximate surface area is 134 Å². The number of rotatable bonds is 4. The standard InChI is InChI=1S/C18H18N2OS/c1-12-17(14-6-8-16(21-2)9-7-14)20-18(22-12)15-5-3-4-13(10-15)11-19/h3-10H,11,19H2,1-2H3. The van der Waals surface area contributed by atoms with Gasteiger partial charge in [-0.15, -0.1) is 11.3 Å². The van der Waals surface area contributed by atoms with Gasteiger partial charge in [-0.2, -0.15) is 0 Å². The first-order valence-electron chi connectivity index (χ1n) is 7.12. The van der Waals surface area contributed by atoms with Gasteiger partial charge in [0.25, 0.3) is 0 Å². The van der Waals surface area contributed by atoms with Gasteiger partial charge in [0.1, 0.15) is 10.8 Å². The SMILES string of the molecule is COc1ccc(-c2nc(-c3cccc(CN)c3)sc2C)cc1. The van der Waals surface area contributed by atoms with Crippen LogP contribution >= 0.6 is 11.3 Å². The Morgan fingerprint density at radius 2 is 1.86 bits per heavy atom. The molecular weight excluding hydrogens is 292 g/mol. The molecule has 0 aliphatic heterocycles. The Morgan fingerprint density at radius 1 is 1.09 bits per heavy atom. The second-order valence-electron chi connectivity index (χ2n) is 5.06. The van der Waals surface area contributed by atoms with Crippen molar-refractivity contribution >= 4 is 11.3 Å². The molecule has 0 amide bonds. The largest absolute Gasteiger partial charge is 0.497 e. The molecule has 112 valence electrons. The van der Waals surface area contributed by atoms with Crippen LogP contribution in [0.1, 0.15) is 10.4 Å². The summed E-state index contributed by atoms with van der Waals surface area (Å²) < 4.78 is 5.21. The molecule has 0 aliphatic rings. The molecule has 0 fully saturated rings. The average molecular weight is 310 g/mol. The monoisotopic (exact) mass is 310 g/mol. The van der Waals surface area contributed by atoms with E-state index < -0.39 is 0 Å². The molecule has 22 heavy (non-hydrogen) atoms. The molecule has 0 unspecified atom stereocenters. The van der Waals surface area contributed by atoms with Crippen LogP contribution in [0.25, 0.3) is 21.8 Å². The molecule has 3 rings (SSSR count). The van der Waals surface area contributed by atoms with Crippen molar-refractivity contribution in [2.75, 3.05) is 7.11 Å². The van der Waals surface area contributed by atoms with Crippen molar-refractivity contribution < 1.29 is 4.74 Å². The van der Waals surface area contributed by atoms with E-state index in [0.717, 1.165) is 33.1 Å². The second kappa shape index (κ2) is 6.30. The molecule has 0 bridgehead atoms. The minimum Gasteiger partial charge on any atom is -0.497 e. The maximum Gasteiger partial charge on any atom is 0.124 e. The van der Waals surface area contributed by atoms with Crippen LogP contribution in [0.15, 0.2) is 48.5 Å². The third-order valence-electron chi connectivity index (χ3n) is 3.57. The fraction of sp³-hybridized carbons (Fsp3) is 0.167. The number of aryl methyl sites for hydroxylation is 1. The topological polar surface area (TPSA) is 48.1 Å². The van der Waals surface area contributed by atoms with E-state index in [1.54, 1.807) is 18.4 Å². The summed E-state index contributed by atoms with van der Waals surface area (Å²) in [7, 11) is 1.67.